The van der Waals surface area contributed by atoms with Gasteiger partial charge in [-0.25, -0.2) is 0 Å². The predicted octanol–water partition coefficient (Wildman–Crippen LogP) is 5.02. The Labute approximate surface area is 163 Å². The Bertz CT molecular complexity index is 797. The average molecular weight is 418 g/mol. The number of anilines is 1. The summed E-state index contributed by atoms with van der Waals surface area (Å²) in [6.45, 7) is -0.656. The van der Waals surface area contributed by atoms with Crippen molar-refractivity contribution in [2.75, 3.05) is 17.7 Å². The van der Waals surface area contributed by atoms with Gasteiger partial charge in [0.2, 0.25) is 0 Å². The Hall–Kier alpha value is -2.19. The summed E-state index contributed by atoms with van der Waals surface area (Å²) in [5, 5.41) is 2.71. The second-order valence-corrected chi connectivity index (χ2v) is 6.91. The van der Waals surface area contributed by atoms with E-state index in [0.717, 1.165) is 17.0 Å². The minimum Gasteiger partial charge on any atom is -0.456 e. The van der Waals surface area contributed by atoms with Gasteiger partial charge in [0, 0.05) is 15.7 Å². The largest absolute Gasteiger partial charge is 0.456 e. The summed E-state index contributed by atoms with van der Waals surface area (Å²) in [6.07, 6.45) is -4.54. The smallest absolute Gasteiger partial charge is 0.418 e. The van der Waals surface area contributed by atoms with Crippen LogP contribution in [0.1, 0.15) is 12.0 Å². The SMILES string of the molecule is O=C(COC(=O)CCSc1ccc(Cl)cc1)Nc1ccccc1C(F)(F)F. The van der Waals surface area contributed by atoms with E-state index in [0.29, 0.717) is 10.8 Å². The van der Waals surface area contributed by atoms with Crippen LogP contribution in [0.15, 0.2) is 53.4 Å². The van der Waals surface area contributed by atoms with Crippen LogP contribution in [0.5, 0.6) is 0 Å². The van der Waals surface area contributed by atoms with E-state index in [1.54, 1.807) is 12.1 Å². The van der Waals surface area contributed by atoms with Gasteiger partial charge < -0.3 is 10.1 Å². The van der Waals surface area contributed by atoms with E-state index in [9.17, 15) is 22.8 Å². The van der Waals surface area contributed by atoms with Crippen LogP contribution < -0.4 is 5.32 Å². The first-order valence-electron chi connectivity index (χ1n) is 7.76. The summed E-state index contributed by atoms with van der Waals surface area (Å²) in [5.74, 6) is -1.03. The molecule has 1 amide bonds. The molecule has 0 saturated carbocycles. The lowest BCUT2D eigenvalue weighted by molar-refractivity contribution is -0.147. The third-order valence-electron chi connectivity index (χ3n) is 3.26. The number of halogens is 4. The molecule has 0 saturated heterocycles. The van der Waals surface area contributed by atoms with E-state index in [2.05, 4.69) is 5.32 Å². The number of hydrogen-bond acceptors (Lipinski definition) is 4. The molecule has 0 bridgehead atoms. The van der Waals surface area contributed by atoms with Crippen molar-refractivity contribution >= 4 is 40.9 Å². The summed E-state index contributed by atoms with van der Waals surface area (Å²) >= 11 is 7.19. The van der Waals surface area contributed by atoms with Crippen LogP contribution in [0.3, 0.4) is 0 Å². The Kier molecular flexibility index (Phi) is 7.55. The summed E-state index contributed by atoms with van der Waals surface area (Å²) in [6, 6.07) is 11.6. The molecule has 0 spiro atoms. The summed E-state index contributed by atoms with van der Waals surface area (Å²) in [7, 11) is 0. The summed E-state index contributed by atoms with van der Waals surface area (Å²) in [5.41, 5.74) is -1.35. The van der Waals surface area contributed by atoms with Crippen LogP contribution in [0.25, 0.3) is 0 Å². The molecule has 27 heavy (non-hydrogen) atoms. The van der Waals surface area contributed by atoms with Gasteiger partial charge in [-0.2, -0.15) is 13.2 Å². The molecular weight excluding hydrogens is 403 g/mol. The van der Waals surface area contributed by atoms with Crippen LogP contribution in [0.4, 0.5) is 18.9 Å². The molecule has 0 heterocycles. The van der Waals surface area contributed by atoms with Crippen LogP contribution in [-0.2, 0) is 20.5 Å². The number of alkyl halides is 3. The minimum absolute atomic E-state index is 0.0553. The number of para-hydroxylation sites is 1. The maximum atomic E-state index is 12.9. The van der Waals surface area contributed by atoms with Crippen molar-refractivity contribution in [3.63, 3.8) is 0 Å². The third kappa shape index (κ3) is 7.15. The zero-order chi connectivity index (χ0) is 19.9. The first-order chi connectivity index (χ1) is 12.8. The quantitative estimate of drug-likeness (QED) is 0.507. The van der Waals surface area contributed by atoms with Crippen LogP contribution in [-0.4, -0.2) is 24.2 Å². The zero-order valence-electron chi connectivity index (χ0n) is 13.9. The second kappa shape index (κ2) is 9.66. The number of thioether (sulfide) groups is 1. The minimum atomic E-state index is -4.60. The van der Waals surface area contributed by atoms with Crippen molar-refractivity contribution in [1.29, 1.82) is 0 Å². The van der Waals surface area contributed by atoms with Crippen molar-refractivity contribution in [3.8, 4) is 0 Å². The van der Waals surface area contributed by atoms with Crippen molar-refractivity contribution in [2.45, 2.75) is 17.5 Å². The second-order valence-electron chi connectivity index (χ2n) is 5.30. The van der Waals surface area contributed by atoms with Crippen LogP contribution in [0, 0.1) is 0 Å². The summed E-state index contributed by atoms with van der Waals surface area (Å²) in [4.78, 5) is 24.3. The van der Waals surface area contributed by atoms with Crippen LogP contribution >= 0.6 is 23.4 Å². The third-order valence-corrected chi connectivity index (χ3v) is 4.53. The van der Waals surface area contributed by atoms with Gasteiger partial charge >= 0.3 is 12.1 Å². The fourth-order valence-electron chi connectivity index (χ4n) is 2.03. The Balaban J connectivity index is 1.75. The van der Waals surface area contributed by atoms with Gasteiger partial charge in [0.05, 0.1) is 17.7 Å². The van der Waals surface area contributed by atoms with Gasteiger partial charge in [0.15, 0.2) is 6.61 Å². The number of benzene rings is 2. The van der Waals surface area contributed by atoms with Crippen molar-refractivity contribution in [1.82, 2.24) is 0 Å². The Morgan fingerprint density at radius 3 is 2.41 bits per heavy atom. The van der Waals surface area contributed by atoms with E-state index in [1.807, 2.05) is 12.1 Å². The molecule has 0 fully saturated rings. The predicted molar refractivity (Wildman–Crippen MR) is 97.8 cm³/mol. The maximum absolute atomic E-state index is 12.9. The number of esters is 1. The maximum Gasteiger partial charge on any atom is 0.418 e. The lowest BCUT2D eigenvalue weighted by atomic mass is 10.1. The molecule has 2 aromatic rings. The van der Waals surface area contributed by atoms with Crippen molar-refractivity contribution < 1.29 is 27.5 Å². The summed E-state index contributed by atoms with van der Waals surface area (Å²) < 4.78 is 43.4. The monoisotopic (exact) mass is 417 g/mol. The van der Waals surface area contributed by atoms with Gasteiger partial charge in [-0.1, -0.05) is 23.7 Å². The topological polar surface area (TPSA) is 55.4 Å². The zero-order valence-corrected chi connectivity index (χ0v) is 15.5. The molecule has 0 aliphatic rings. The number of hydrogen-bond donors (Lipinski definition) is 1. The number of ether oxygens (including phenoxy) is 1. The number of rotatable bonds is 7. The van der Waals surface area contributed by atoms with E-state index in [1.165, 1.54) is 23.9 Å². The van der Waals surface area contributed by atoms with Gasteiger partial charge in [-0.15, -0.1) is 11.8 Å². The van der Waals surface area contributed by atoms with E-state index < -0.39 is 30.2 Å². The molecule has 0 atom stereocenters. The lowest BCUT2D eigenvalue weighted by Gasteiger charge is -2.13. The first kappa shape index (κ1) is 21.1. The van der Waals surface area contributed by atoms with E-state index >= 15 is 0 Å². The molecule has 144 valence electrons. The van der Waals surface area contributed by atoms with Gasteiger partial charge in [0.1, 0.15) is 0 Å². The van der Waals surface area contributed by atoms with E-state index in [4.69, 9.17) is 16.3 Å². The Morgan fingerprint density at radius 1 is 1.07 bits per heavy atom. The molecule has 0 radical (unpaired) electrons. The fraction of sp³-hybridized carbons (Fsp3) is 0.222. The highest BCUT2D eigenvalue weighted by molar-refractivity contribution is 7.99. The van der Waals surface area contributed by atoms with Gasteiger partial charge in [-0.3, -0.25) is 9.59 Å². The number of nitrogens with one attached hydrogen (secondary N) is 1. The molecular formula is C18H15ClF3NO3S. The highest BCUT2D eigenvalue weighted by atomic mass is 35.5. The normalized spacial score (nSPS) is 11.1. The highest BCUT2D eigenvalue weighted by Gasteiger charge is 2.33. The molecule has 4 nitrogen and oxygen atoms in total. The highest BCUT2D eigenvalue weighted by Crippen LogP contribution is 2.34. The fourth-order valence-corrected chi connectivity index (χ4v) is 2.99. The number of carbonyl (C=O) groups excluding carboxylic acids is 2. The molecule has 0 aromatic heterocycles. The molecule has 0 unspecified atom stereocenters. The van der Waals surface area contributed by atoms with E-state index in [-0.39, 0.29) is 12.1 Å². The van der Waals surface area contributed by atoms with Gasteiger partial charge in [-0.05, 0) is 36.4 Å². The molecule has 9 heteroatoms. The Morgan fingerprint density at radius 2 is 1.74 bits per heavy atom. The van der Waals surface area contributed by atoms with Crippen molar-refractivity contribution in [3.05, 3.63) is 59.1 Å². The molecule has 0 aliphatic carbocycles. The number of amides is 1. The van der Waals surface area contributed by atoms with Gasteiger partial charge in [0.25, 0.3) is 5.91 Å². The first-order valence-corrected chi connectivity index (χ1v) is 9.12. The average Bonchev–Trinajstić information content (AvgIpc) is 2.61. The number of carbonyl (C=O) groups is 2. The molecule has 1 N–H and O–H groups in total. The molecule has 0 aliphatic heterocycles. The molecule has 2 rings (SSSR count). The lowest BCUT2D eigenvalue weighted by Crippen LogP contribution is -2.22. The van der Waals surface area contributed by atoms with Crippen LogP contribution in [0.2, 0.25) is 5.02 Å². The molecule has 2 aromatic carbocycles. The van der Waals surface area contributed by atoms with Crippen molar-refractivity contribution in [2.24, 2.45) is 0 Å². The standard InChI is InChI=1S/C18H15ClF3NO3S/c19-12-5-7-13(8-6-12)27-10-9-17(25)26-11-16(24)23-15-4-2-1-3-14(15)18(20,21)22/h1-8H,9-11H2,(H,23,24).